The van der Waals surface area contributed by atoms with Gasteiger partial charge in [0, 0.05) is 15.6 Å². The standard InChI is InChI=1S/C18H17BrN4O3S/c1-24-14-8-11(9-15(25-2)16(14)26-3)10-20-23-17(21-22-18(23)27)12-4-6-13(19)7-5-12/h4-10H,1-3H3,(H,22,27)/b20-10+. The van der Waals surface area contributed by atoms with Crippen LogP contribution >= 0.6 is 28.1 Å². The van der Waals surface area contributed by atoms with E-state index in [2.05, 4.69) is 31.2 Å². The molecule has 7 nitrogen and oxygen atoms in total. The Morgan fingerprint density at radius 1 is 1.07 bits per heavy atom. The number of rotatable bonds is 6. The molecule has 2 aromatic carbocycles. The van der Waals surface area contributed by atoms with Gasteiger partial charge >= 0.3 is 0 Å². The molecule has 3 aromatic rings. The molecule has 27 heavy (non-hydrogen) atoms. The first kappa shape index (κ1) is 19.1. The minimum atomic E-state index is 0.386. The number of ether oxygens (including phenoxy) is 3. The summed E-state index contributed by atoms with van der Waals surface area (Å²) in [5.41, 5.74) is 1.64. The lowest BCUT2D eigenvalue weighted by Crippen LogP contribution is -1.98. The summed E-state index contributed by atoms with van der Waals surface area (Å²) in [7, 11) is 4.69. The molecule has 0 aliphatic rings. The molecule has 0 amide bonds. The highest BCUT2D eigenvalue weighted by molar-refractivity contribution is 9.10. The van der Waals surface area contributed by atoms with Crippen molar-refractivity contribution in [3.8, 4) is 28.6 Å². The molecule has 0 radical (unpaired) electrons. The molecule has 0 atom stereocenters. The van der Waals surface area contributed by atoms with Crippen LogP contribution in [0.5, 0.6) is 17.2 Å². The molecular formula is C18H17BrN4O3S. The minimum Gasteiger partial charge on any atom is -0.493 e. The molecule has 0 spiro atoms. The molecule has 0 saturated carbocycles. The maximum atomic E-state index is 5.37. The van der Waals surface area contributed by atoms with Gasteiger partial charge in [-0.3, -0.25) is 0 Å². The Morgan fingerprint density at radius 2 is 1.70 bits per heavy atom. The summed E-state index contributed by atoms with van der Waals surface area (Å²) >= 11 is 8.73. The molecule has 0 unspecified atom stereocenters. The van der Waals surface area contributed by atoms with Crippen LogP contribution in [0.4, 0.5) is 0 Å². The number of aromatic amines is 1. The van der Waals surface area contributed by atoms with Crippen LogP contribution in [0.1, 0.15) is 5.56 Å². The minimum absolute atomic E-state index is 0.386. The van der Waals surface area contributed by atoms with Crippen LogP contribution in [0, 0.1) is 4.77 Å². The Labute approximate surface area is 169 Å². The van der Waals surface area contributed by atoms with E-state index in [1.54, 1.807) is 44.4 Å². The monoisotopic (exact) mass is 448 g/mol. The maximum Gasteiger partial charge on any atom is 0.216 e. The lowest BCUT2D eigenvalue weighted by molar-refractivity contribution is 0.324. The van der Waals surface area contributed by atoms with Crippen LogP contribution in [0.3, 0.4) is 0 Å². The van der Waals surface area contributed by atoms with Crippen molar-refractivity contribution in [3.05, 3.63) is 51.2 Å². The van der Waals surface area contributed by atoms with Gasteiger partial charge in [0.05, 0.1) is 27.5 Å². The van der Waals surface area contributed by atoms with Gasteiger partial charge in [0.25, 0.3) is 0 Å². The molecule has 9 heteroatoms. The van der Waals surface area contributed by atoms with Crippen LogP contribution in [0.25, 0.3) is 11.4 Å². The molecule has 1 aromatic heterocycles. The van der Waals surface area contributed by atoms with E-state index in [0.29, 0.717) is 27.8 Å². The molecule has 0 aliphatic heterocycles. The fraction of sp³-hybridized carbons (Fsp3) is 0.167. The Bertz CT molecular complexity index is 1000. The number of aromatic nitrogens is 3. The van der Waals surface area contributed by atoms with E-state index in [1.165, 1.54) is 0 Å². The first-order chi connectivity index (χ1) is 13.1. The molecule has 0 fully saturated rings. The van der Waals surface area contributed by atoms with Gasteiger partial charge in [-0.2, -0.15) is 14.9 Å². The number of hydrogen-bond acceptors (Lipinski definition) is 6. The number of nitrogens with one attached hydrogen (secondary N) is 1. The summed E-state index contributed by atoms with van der Waals surface area (Å²) in [4.78, 5) is 0. The topological polar surface area (TPSA) is 73.7 Å². The number of methoxy groups -OCH3 is 3. The van der Waals surface area contributed by atoms with E-state index in [9.17, 15) is 0 Å². The zero-order valence-electron chi connectivity index (χ0n) is 14.9. The van der Waals surface area contributed by atoms with E-state index < -0.39 is 0 Å². The quantitative estimate of drug-likeness (QED) is 0.449. The van der Waals surface area contributed by atoms with Crippen molar-refractivity contribution in [1.29, 1.82) is 0 Å². The van der Waals surface area contributed by atoms with Gasteiger partial charge in [-0.15, -0.1) is 0 Å². The zero-order chi connectivity index (χ0) is 19.4. The molecular weight excluding hydrogens is 432 g/mol. The van der Waals surface area contributed by atoms with Gasteiger partial charge in [0.2, 0.25) is 10.5 Å². The van der Waals surface area contributed by atoms with Crippen molar-refractivity contribution in [1.82, 2.24) is 14.9 Å². The van der Waals surface area contributed by atoms with Gasteiger partial charge in [-0.25, -0.2) is 5.10 Å². The predicted molar refractivity (Wildman–Crippen MR) is 110 cm³/mol. The third-order valence-corrected chi connectivity index (χ3v) is 4.56. The zero-order valence-corrected chi connectivity index (χ0v) is 17.3. The number of halogens is 1. The van der Waals surface area contributed by atoms with Gasteiger partial charge in [0.15, 0.2) is 17.3 Å². The first-order valence-corrected chi connectivity index (χ1v) is 9.05. The second-order valence-electron chi connectivity index (χ2n) is 5.37. The molecule has 3 rings (SSSR count). The van der Waals surface area contributed by atoms with Crippen LogP contribution in [-0.4, -0.2) is 42.4 Å². The number of H-pyrrole nitrogens is 1. The molecule has 0 saturated heterocycles. The summed E-state index contributed by atoms with van der Waals surface area (Å²) in [6, 6.07) is 11.3. The first-order valence-electron chi connectivity index (χ1n) is 7.85. The lowest BCUT2D eigenvalue weighted by Gasteiger charge is -2.12. The summed E-state index contributed by atoms with van der Waals surface area (Å²) < 4.78 is 19.0. The Kier molecular flexibility index (Phi) is 5.92. The van der Waals surface area contributed by atoms with Gasteiger partial charge in [0.1, 0.15) is 0 Å². The largest absolute Gasteiger partial charge is 0.493 e. The highest BCUT2D eigenvalue weighted by atomic mass is 79.9. The average Bonchev–Trinajstić information content (AvgIpc) is 3.06. The second kappa shape index (κ2) is 8.36. The van der Waals surface area contributed by atoms with Crippen molar-refractivity contribution >= 4 is 34.4 Å². The summed E-state index contributed by atoms with van der Waals surface area (Å²) in [5.74, 6) is 2.22. The SMILES string of the molecule is COc1cc(/C=N/n2c(-c3ccc(Br)cc3)n[nH]c2=S)cc(OC)c1OC. The summed E-state index contributed by atoms with van der Waals surface area (Å²) in [6.45, 7) is 0. The second-order valence-corrected chi connectivity index (χ2v) is 6.68. The molecule has 0 bridgehead atoms. The van der Waals surface area contributed by atoms with Gasteiger partial charge < -0.3 is 14.2 Å². The van der Waals surface area contributed by atoms with Crippen LogP contribution in [-0.2, 0) is 0 Å². The Hall–Kier alpha value is -2.65. The van der Waals surface area contributed by atoms with Gasteiger partial charge in [-0.1, -0.05) is 28.1 Å². The van der Waals surface area contributed by atoms with Crippen molar-refractivity contribution in [3.63, 3.8) is 0 Å². The average molecular weight is 449 g/mol. The summed E-state index contributed by atoms with van der Waals surface area (Å²) in [6.07, 6.45) is 1.65. The molecule has 0 aliphatic carbocycles. The van der Waals surface area contributed by atoms with Crippen molar-refractivity contribution < 1.29 is 14.2 Å². The third-order valence-electron chi connectivity index (χ3n) is 3.76. The number of nitrogens with zero attached hydrogens (tertiary/aromatic N) is 3. The van der Waals surface area contributed by atoms with E-state index in [4.69, 9.17) is 26.4 Å². The van der Waals surface area contributed by atoms with E-state index >= 15 is 0 Å². The lowest BCUT2D eigenvalue weighted by atomic mass is 10.2. The van der Waals surface area contributed by atoms with E-state index in [1.807, 2.05) is 24.3 Å². The van der Waals surface area contributed by atoms with E-state index in [0.717, 1.165) is 15.6 Å². The fourth-order valence-electron chi connectivity index (χ4n) is 2.48. The molecule has 1 N–H and O–H groups in total. The van der Waals surface area contributed by atoms with Crippen LogP contribution in [0.2, 0.25) is 0 Å². The van der Waals surface area contributed by atoms with Crippen molar-refractivity contribution in [2.24, 2.45) is 5.10 Å². The smallest absolute Gasteiger partial charge is 0.216 e. The maximum absolute atomic E-state index is 5.37. The molecule has 1 heterocycles. The number of hydrogen-bond donors (Lipinski definition) is 1. The van der Waals surface area contributed by atoms with Crippen LogP contribution < -0.4 is 14.2 Å². The third kappa shape index (κ3) is 4.04. The van der Waals surface area contributed by atoms with Gasteiger partial charge in [-0.05, 0) is 36.5 Å². The Morgan fingerprint density at radius 3 is 2.26 bits per heavy atom. The normalized spacial score (nSPS) is 11.0. The Balaban J connectivity index is 2.01. The highest BCUT2D eigenvalue weighted by Gasteiger charge is 2.13. The van der Waals surface area contributed by atoms with Crippen molar-refractivity contribution in [2.45, 2.75) is 0 Å². The van der Waals surface area contributed by atoms with Crippen LogP contribution in [0.15, 0.2) is 46.0 Å². The molecule has 140 valence electrons. The predicted octanol–water partition coefficient (Wildman–Crippen LogP) is 4.28. The van der Waals surface area contributed by atoms with Crippen molar-refractivity contribution in [2.75, 3.05) is 21.3 Å². The fourth-order valence-corrected chi connectivity index (χ4v) is 2.93. The van der Waals surface area contributed by atoms with E-state index in [-0.39, 0.29) is 0 Å². The number of benzene rings is 2. The highest BCUT2D eigenvalue weighted by Crippen LogP contribution is 2.37. The summed E-state index contributed by atoms with van der Waals surface area (Å²) in [5, 5.41) is 11.5.